The summed E-state index contributed by atoms with van der Waals surface area (Å²) in [5.74, 6) is -4.65. The zero-order chi connectivity index (χ0) is 44.9. The van der Waals surface area contributed by atoms with Crippen LogP contribution in [0.5, 0.6) is 23.0 Å². The highest BCUT2D eigenvalue weighted by Crippen LogP contribution is 2.62. The van der Waals surface area contributed by atoms with Gasteiger partial charge in [0.05, 0.1) is 55.9 Å². The first kappa shape index (κ1) is 42.1. The summed E-state index contributed by atoms with van der Waals surface area (Å²) in [6.45, 7) is 0. The van der Waals surface area contributed by atoms with Gasteiger partial charge in [-0.1, -0.05) is 77.9 Å². The predicted molar refractivity (Wildman–Crippen MR) is 241 cm³/mol. The van der Waals surface area contributed by atoms with E-state index in [2.05, 4.69) is 5.43 Å². The third-order valence-corrected chi connectivity index (χ3v) is 13.3. The van der Waals surface area contributed by atoms with E-state index >= 15 is 4.79 Å². The van der Waals surface area contributed by atoms with Crippen molar-refractivity contribution in [2.24, 2.45) is 29.6 Å². The van der Waals surface area contributed by atoms with Gasteiger partial charge in [-0.05, 0) is 114 Å². The molecular weight excluding hydrogens is 837 g/mol. The van der Waals surface area contributed by atoms with Gasteiger partial charge in [-0.15, -0.1) is 0 Å². The van der Waals surface area contributed by atoms with Gasteiger partial charge in [-0.25, -0.2) is 4.39 Å². The van der Waals surface area contributed by atoms with Crippen molar-refractivity contribution in [2.45, 2.75) is 18.3 Å². The maximum Gasteiger partial charge on any atom is 0.260 e. The van der Waals surface area contributed by atoms with Gasteiger partial charge < -0.3 is 19.3 Å². The number of hydrogen-bond acceptors (Lipinski definition) is 9. The first-order chi connectivity index (χ1) is 31.0. The number of phenols is 1. The van der Waals surface area contributed by atoms with Gasteiger partial charge in [-0.2, -0.15) is 5.01 Å². The summed E-state index contributed by atoms with van der Waals surface area (Å²) in [4.78, 5) is 60.7. The molecule has 5 aromatic carbocycles. The summed E-state index contributed by atoms with van der Waals surface area (Å²) in [5, 5.41) is 11.8. The predicted octanol–water partition coefficient (Wildman–Crippen LogP) is 9.12. The third kappa shape index (κ3) is 7.07. The van der Waals surface area contributed by atoms with Gasteiger partial charge in [0.25, 0.3) is 11.8 Å². The molecule has 2 saturated heterocycles. The number of allylic oxidation sites excluding steroid dienone is 3. The van der Waals surface area contributed by atoms with E-state index in [0.717, 1.165) is 21.7 Å². The Morgan fingerprint density at radius 2 is 1.47 bits per heavy atom. The average Bonchev–Trinajstić information content (AvgIpc) is 3.69. The van der Waals surface area contributed by atoms with Crippen molar-refractivity contribution in [2.75, 3.05) is 31.7 Å². The first-order valence-corrected chi connectivity index (χ1v) is 21.1. The normalized spacial score (nSPS) is 23.9. The number of hydrogen-bond donors (Lipinski definition) is 2. The summed E-state index contributed by atoms with van der Waals surface area (Å²) in [7, 11) is 4.63. The second kappa shape index (κ2) is 16.8. The molecule has 324 valence electrons. The van der Waals surface area contributed by atoms with Crippen LogP contribution in [0.2, 0.25) is 5.02 Å². The lowest BCUT2D eigenvalue weighted by Crippen LogP contribution is -2.54. The molecule has 5 aromatic rings. The molecule has 11 nitrogen and oxygen atoms in total. The lowest BCUT2D eigenvalue weighted by Gasteiger charge is -2.49. The van der Waals surface area contributed by atoms with Gasteiger partial charge in [0.1, 0.15) is 17.3 Å². The molecule has 0 spiro atoms. The molecule has 0 radical (unpaired) electrons. The monoisotopic (exact) mass is 879 g/mol. The highest BCUT2D eigenvalue weighted by Gasteiger charge is 2.69. The molecule has 4 amide bonds. The molecule has 0 unspecified atom stereocenters. The Kier molecular flexibility index (Phi) is 11.1. The highest BCUT2D eigenvalue weighted by molar-refractivity contribution is 6.30. The van der Waals surface area contributed by atoms with Gasteiger partial charge in [0.15, 0.2) is 11.5 Å². The number of phenolic OH excluding ortho intramolecular Hbond substituents is 1. The molecule has 2 N–H and O–H groups in total. The Balaban J connectivity index is 1.11. The molecular formula is C51H43ClFN3O8. The minimum absolute atomic E-state index is 0.0517. The van der Waals surface area contributed by atoms with Crippen LogP contribution >= 0.6 is 11.6 Å². The fraction of sp³-hybridized carbons (Fsp3) is 0.216. The van der Waals surface area contributed by atoms with E-state index in [4.69, 9.17) is 25.8 Å². The number of aromatic hydroxyl groups is 1. The number of ether oxygens (including phenoxy) is 3. The minimum atomic E-state index is -1.54. The zero-order valence-corrected chi connectivity index (χ0v) is 35.8. The number of benzene rings is 5. The Hall–Kier alpha value is -7.18. The fourth-order valence-corrected chi connectivity index (χ4v) is 10.2. The Morgan fingerprint density at radius 3 is 2.17 bits per heavy atom. The second-order valence-corrected chi connectivity index (χ2v) is 16.7. The number of carbonyl (C=O) groups excluding carboxylic acids is 4. The maximum atomic E-state index is 15.3. The SMILES string of the molecule is COc1ccc(OC)c(C=Cc2ccc(N3C(=O)[C@H]4[C@H](CC=C5[C@H]4C[C@H]4C(=O)N(Nc6ccc(F)cc6)C(=O)[C@@]4(c4ccc(Cl)cc4)[C@H]5C=Cc4ccc(O)c(OC)c4)C3=O)cc2)c1. The van der Waals surface area contributed by atoms with Crippen LogP contribution in [0.3, 0.4) is 0 Å². The number of carbonyl (C=O) groups is 4. The van der Waals surface area contributed by atoms with Crippen LogP contribution in [0.25, 0.3) is 18.2 Å². The van der Waals surface area contributed by atoms with Gasteiger partial charge in [0.2, 0.25) is 11.8 Å². The van der Waals surface area contributed by atoms with Crippen molar-refractivity contribution in [1.29, 1.82) is 0 Å². The number of nitrogens with zero attached hydrogens (tertiary/aromatic N) is 2. The number of halogens is 2. The van der Waals surface area contributed by atoms with E-state index in [1.165, 1.54) is 42.3 Å². The van der Waals surface area contributed by atoms with Crippen molar-refractivity contribution in [3.8, 4) is 23.0 Å². The summed E-state index contributed by atoms with van der Waals surface area (Å²) < 4.78 is 30.3. The molecule has 4 aliphatic rings. The average molecular weight is 880 g/mol. The molecule has 2 aliphatic heterocycles. The number of amides is 4. The molecule has 64 heavy (non-hydrogen) atoms. The van der Waals surface area contributed by atoms with Crippen LogP contribution in [-0.4, -0.2) is 55.1 Å². The maximum absolute atomic E-state index is 15.3. The van der Waals surface area contributed by atoms with Crippen LogP contribution in [-0.2, 0) is 24.6 Å². The Morgan fingerprint density at radius 1 is 0.750 bits per heavy atom. The van der Waals surface area contributed by atoms with Crippen molar-refractivity contribution >= 4 is 64.8 Å². The van der Waals surface area contributed by atoms with Gasteiger partial charge in [-0.3, -0.25) is 29.5 Å². The van der Waals surface area contributed by atoms with Crippen LogP contribution in [0.4, 0.5) is 15.8 Å². The summed E-state index contributed by atoms with van der Waals surface area (Å²) in [5.41, 5.74) is 5.74. The molecule has 2 heterocycles. The van der Waals surface area contributed by atoms with Crippen LogP contribution in [0.1, 0.15) is 35.1 Å². The van der Waals surface area contributed by atoms with Crippen molar-refractivity contribution in [3.63, 3.8) is 0 Å². The van der Waals surface area contributed by atoms with Crippen molar-refractivity contribution in [3.05, 3.63) is 160 Å². The Labute approximate surface area is 374 Å². The van der Waals surface area contributed by atoms with Crippen molar-refractivity contribution in [1.82, 2.24) is 5.01 Å². The summed E-state index contributed by atoms with van der Waals surface area (Å²) >= 11 is 6.41. The molecule has 13 heteroatoms. The number of methoxy groups -OCH3 is 3. The lowest BCUT2D eigenvalue weighted by molar-refractivity contribution is -0.139. The largest absolute Gasteiger partial charge is 0.504 e. The third-order valence-electron chi connectivity index (χ3n) is 13.0. The van der Waals surface area contributed by atoms with E-state index in [0.29, 0.717) is 39.0 Å². The van der Waals surface area contributed by atoms with Gasteiger partial charge >= 0.3 is 0 Å². The molecule has 0 bridgehead atoms. The van der Waals surface area contributed by atoms with Crippen LogP contribution in [0.15, 0.2) is 127 Å². The van der Waals surface area contributed by atoms with Crippen LogP contribution < -0.4 is 24.5 Å². The number of imide groups is 2. The molecule has 0 aromatic heterocycles. The standard InChI is InChI=1S/C51H43ClFN3O8/c1-62-37-20-25-44(63-2)31(27-37)9-4-29-5-18-36(19-6-29)55-47(58)39-22-21-38-40(46(39)49(55)60)28-42-48(59)56(54-35-16-14-34(53)15-17-35)50(61)51(42,32-10-12-33(52)13-11-32)41(38)23-7-30-8-24-43(57)45(26-30)64-3/h4-21,23-27,39-42,46,54,57H,22,28H2,1-3H3/t39-,40+,41-,42-,46-,51-/m0/s1. The number of anilines is 2. The molecule has 6 atom stereocenters. The lowest BCUT2D eigenvalue weighted by atomic mass is 9.50. The minimum Gasteiger partial charge on any atom is -0.504 e. The topological polar surface area (TPSA) is 135 Å². The molecule has 2 aliphatic carbocycles. The van der Waals surface area contributed by atoms with E-state index in [1.807, 2.05) is 54.6 Å². The van der Waals surface area contributed by atoms with Crippen LogP contribution in [0, 0.1) is 35.4 Å². The number of nitrogens with one attached hydrogen (secondary N) is 1. The Bertz CT molecular complexity index is 2770. The van der Waals surface area contributed by atoms with E-state index in [9.17, 15) is 23.9 Å². The number of fused-ring (bicyclic) bond motifs is 4. The quantitative estimate of drug-likeness (QED) is 0.0757. The molecule has 9 rings (SSSR count). The van der Waals surface area contributed by atoms with E-state index in [-0.39, 0.29) is 36.2 Å². The van der Waals surface area contributed by atoms with Gasteiger partial charge in [0, 0.05) is 16.5 Å². The summed E-state index contributed by atoms with van der Waals surface area (Å²) in [6.07, 6.45) is 9.75. The van der Waals surface area contributed by atoms with E-state index in [1.54, 1.807) is 68.8 Å². The summed E-state index contributed by atoms with van der Waals surface area (Å²) in [6, 6.07) is 29.7. The highest BCUT2D eigenvalue weighted by atomic mass is 35.5. The number of rotatable bonds is 11. The van der Waals surface area contributed by atoms with Crippen molar-refractivity contribution < 1.29 is 42.9 Å². The fourth-order valence-electron chi connectivity index (χ4n) is 10.1. The smallest absolute Gasteiger partial charge is 0.260 e. The molecule has 1 saturated carbocycles. The second-order valence-electron chi connectivity index (χ2n) is 16.3. The van der Waals surface area contributed by atoms with E-state index < -0.39 is 52.6 Å². The number of hydrazine groups is 1. The first-order valence-electron chi connectivity index (χ1n) is 20.8. The zero-order valence-electron chi connectivity index (χ0n) is 35.0. The molecule has 3 fully saturated rings.